The molecule has 3 nitrogen and oxygen atoms in total. The van der Waals surface area contributed by atoms with E-state index in [1.807, 2.05) is 20.8 Å². The molecule has 0 rings (SSSR count). The Hall–Kier alpha value is -0.570. The van der Waals surface area contributed by atoms with Gasteiger partial charge in [-0.3, -0.25) is 4.79 Å². The Kier molecular flexibility index (Phi) is 13.2. The van der Waals surface area contributed by atoms with Crippen LogP contribution < -0.4 is 10.6 Å². The van der Waals surface area contributed by atoms with Crippen LogP contribution in [0.5, 0.6) is 0 Å². The molecule has 1 amide bonds. The Labute approximate surface area is 108 Å². The summed E-state index contributed by atoms with van der Waals surface area (Å²) < 4.78 is 0. The van der Waals surface area contributed by atoms with E-state index in [0.717, 1.165) is 0 Å². The number of nitrogens with one attached hydrogen (secondary N) is 2. The third-order valence-electron chi connectivity index (χ3n) is 1.93. The molecule has 0 radical (unpaired) electrons. The second-order valence-corrected chi connectivity index (χ2v) is 5.39. The van der Waals surface area contributed by atoms with Gasteiger partial charge in [-0.2, -0.15) is 0 Å². The summed E-state index contributed by atoms with van der Waals surface area (Å²) in [6.07, 6.45) is 5.30. The maximum absolute atomic E-state index is 10.3. The Morgan fingerprint density at radius 2 is 1.59 bits per heavy atom. The van der Waals surface area contributed by atoms with E-state index in [1.165, 1.54) is 45.7 Å². The molecule has 0 aliphatic rings. The quantitative estimate of drug-likeness (QED) is 0.705. The van der Waals surface area contributed by atoms with Crippen LogP contribution in [0.2, 0.25) is 0 Å². The largest absolute Gasteiger partial charge is 0.352 e. The second kappa shape index (κ2) is 11.9. The second-order valence-electron chi connectivity index (χ2n) is 5.39. The molecule has 0 unspecified atom stereocenters. The smallest absolute Gasteiger partial charge is 0.217 e. The van der Waals surface area contributed by atoms with Gasteiger partial charge in [0.1, 0.15) is 0 Å². The molecule has 0 aliphatic carbocycles. The lowest BCUT2D eigenvalue weighted by molar-refractivity contribution is -0.120. The molecule has 0 bridgehead atoms. The van der Waals surface area contributed by atoms with Crippen LogP contribution in [0.25, 0.3) is 0 Å². The van der Waals surface area contributed by atoms with E-state index in [-0.39, 0.29) is 11.4 Å². The molecular formula is C14H32N2O. The van der Waals surface area contributed by atoms with Crippen LogP contribution in [-0.2, 0) is 4.79 Å². The average Bonchev–Trinajstić information content (AvgIpc) is 2.15. The van der Waals surface area contributed by atoms with Crippen molar-refractivity contribution in [2.24, 2.45) is 0 Å². The first-order chi connectivity index (χ1) is 7.83. The Morgan fingerprint density at radius 1 is 1.00 bits per heavy atom. The van der Waals surface area contributed by atoms with Crippen molar-refractivity contribution in [2.45, 2.75) is 72.8 Å². The monoisotopic (exact) mass is 244 g/mol. The van der Waals surface area contributed by atoms with E-state index in [1.54, 1.807) is 0 Å². The third-order valence-corrected chi connectivity index (χ3v) is 1.93. The van der Waals surface area contributed by atoms with E-state index in [9.17, 15) is 4.79 Å². The summed E-state index contributed by atoms with van der Waals surface area (Å²) in [5, 5.41) is 6.11. The van der Waals surface area contributed by atoms with Gasteiger partial charge < -0.3 is 10.6 Å². The lowest BCUT2D eigenvalue weighted by atomic mass is 10.1. The number of hydrogen-bond acceptors (Lipinski definition) is 2. The fraction of sp³-hybridized carbons (Fsp3) is 0.929. The number of carbonyl (C=O) groups excluding carboxylic acids is 1. The van der Waals surface area contributed by atoms with Crippen LogP contribution in [0.4, 0.5) is 0 Å². The van der Waals surface area contributed by atoms with Crippen LogP contribution in [0.1, 0.15) is 67.2 Å². The van der Waals surface area contributed by atoms with Crippen molar-refractivity contribution >= 4 is 5.91 Å². The van der Waals surface area contributed by atoms with Crippen LogP contribution in [0, 0.1) is 0 Å². The highest BCUT2D eigenvalue weighted by Crippen LogP contribution is 1.96. The number of unbranched alkanes of at least 4 members (excludes halogenated alkanes) is 2. The Morgan fingerprint density at radius 3 is 1.88 bits per heavy atom. The highest BCUT2D eigenvalue weighted by atomic mass is 16.1. The molecule has 0 atom stereocenters. The van der Waals surface area contributed by atoms with E-state index in [4.69, 9.17) is 0 Å². The molecule has 104 valence electrons. The number of carbonyl (C=O) groups is 1. The lowest BCUT2D eigenvalue weighted by Gasteiger charge is -2.18. The van der Waals surface area contributed by atoms with Gasteiger partial charge in [0.25, 0.3) is 0 Å². The first kappa shape index (κ1) is 18.8. The molecule has 0 fully saturated rings. The first-order valence-corrected chi connectivity index (χ1v) is 6.83. The lowest BCUT2D eigenvalue weighted by Crippen LogP contribution is -2.38. The van der Waals surface area contributed by atoms with Crippen LogP contribution in [-0.4, -0.2) is 24.5 Å². The predicted octanol–water partition coefficient (Wildman–Crippen LogP) is 3.10. The molecule has 0 aromatic carbocycles. The third kappa shape index (κ3) is 25.6. The fourth-order valence-electron chi connectivity index (χ4n) is 1.33. The topological polar surface area (TPSA) is 41.1 Å². The van der Waals surface area contributed by atoms with E-state index >= 15 is 0 Å². The minimum atomic E-state index is -0.0775. The minimum absolute atomic E-state index is 0.0255. The molecule has 17 heavy (non-hydrogen) atoms. The number of amides is 1. The molecule has 3 heteroatoms. The number of rotatable bonds is 6. The van der Waals surface area contributed by atoms with Gasteiger partial charge in [-0.15, -0.1) is 0 Å². The fourth-order valence-corrected chi connectivity index (χ4v) is 1.33. The highest BCUT2D eigenvalue weighted by Gasteiger charge is 2.08. The van der Waals surface area contributed by atoms with Gasteiger partial charge in [0, 0.05) is 12.5 Å². The molecule has 0 aliphatic heterocycles. The van der Waals surface area contributed by atoms with Crippen molar-refractivity contribution in [2.75, 3.05) is 13.1 Å². The molecule has 0 spiro atoms. The van der Waals surface area contributed by atoms with E-state index < -0.39 is 0 Å². The van der Waals surface area contributed by atoms with Gasteiger partial charge in [0.05, 0.1) is 0 Å². The van der Waals surface area contributed by atoms with E-state index in [0.29, 0.717) is 0 Å². The van der Waals surface area contributed by atoms with Gasteiger partial charge >= 0.3 is 0 Å². The maximum Gasteiger partial charge on any atom is 0.217 e. The maximum atomic E-state index is 10.3. The van der Waals surface area contributed by atoms with Crippen molar-refractivity contribution in [1.82, 2.24) is 10.6 Å². The summed E-state index contributed by atoms with van der Waals surface area (Å²) in [5.74, 6) is 0.0255. The van der Waals surface area contributed by atoms with Crippen molar-refractivity contribution in [3.05, 3.63) is 0 Å². The summed E-state index contributed by atoms with van der Waals surface area (Å²) >= 11 is 0. The Balaban J connectivity index is 0. The summed E-state index contributed by atoms with van der Waals surface area (Å²) in [7, 11) is 0. The molecule has 0 aromatic rings. The summed E-state index contributed by atoms with van der Waals surface area (Å²) in [5.41, 5.74) is -0.0775. The zero-order chi connectivity index (χ0) is 13.7. The molecule has 0 aromatic heterocycles. The van der Waals surface area contributed by atoms with Crippen molar-refractivity contribution < 1.29 is 4.79 Å². The zero-order valence-electron chi connectivity index (χ0n) is 12.7. The van der Waals surface area contributed by atoms with E-state index in [2.05, 4.69) is 24.5 Å². The van der Waals surface area contributed by atoms with Crippen molar-refractivity contribution in [3.63, 3.8) is 0 Å². The van der Waals surface area contributed by atoms with Crippen molar-refractivity contribution in [3.8, 4) is 0 Å². The average molecular weight is 244 g/mol. The SMILES string of the molecule is CC(=O)NC(C)(C)C.CCCCCNCCC. The zero-order valence-corrected chi connectivity index (χ0v) is 12.7. The predicted molar refractivity (Wildman–Crippen MR) is 76.3 cm³/mol. The molecule has 0 saturated carbocycles. The van der Waals surface area contributed by atoms with Crippen LogP contribution >= 0.6 is 0 Å². The van der Waals surface area contributed by atoms with Crippen LogP contribution in [0.3, 0.4) is 0 Å². The van der Waals surface area contributed by atoms with Gasteiger partial charge in [-0.25, -0.2) is 0 Å². The summed E-state index contributed by atoms with van der Waals surface area (Å²) in [6.45, 7) is 14.2. The molecule has 0 heterocycles. The van der Waals surface area contributed by atoms with Gasteiger partial charge in [0.2, 0.25) is 5.91 Å². The summed E-state index contributed by atoms with van der Waals surface area (Å²) in [4.78, 5) is 10.3. The van der Waals surface area contributed by atoms with Crippen molar-refractivity contribution in [1.29, 1.82) is 0 Å². The normalized spacial score (nSPS) is 10.5. The number of hydrogen-bond donors (Lipinski definition) is 2. The first-order valence-electron chi connectivity index (χ1n) is 6.83. The molecule has 2 N–H and O–H groups in total. The van der Waals surface area contributed by atoms with Crippen LogP contribution in [0.15, 0.2) is 0 Å². The molecular weight excluding hydrogens is 212 g/mol. The Bertz CT molecular complexity index is 168. The highest BCUT2D eigenvalue weighted by molar-refractivity contribution is 5.73. The van der Waals surface area contributed by atoms with Gasteiger partial charge in [0.15, 0.2) is 0 Å². The molecule has 0 saturated heterocycles. The van der Waals surface area contributed by atoms with Gasteiger partial charge in [-0.05, 0) is 46.7 Å². The minimum Gasteiger partial charge on any atom is -0.352 e. The van der Waals surface area contributed by atoms with Gasteiger partial charge in [-0.1, -0.05) is 26.7 Å². The summed E-state index contributed by atoms with van der Waals surface area (Å²) in [6, 6.07) is 0. The standard InChI is InChI=1S/C8H19N.C6H13NO/c1-3-5-6-8-9-7-4-2;1-5(8)7-6(2,3)4/h9H,3-8H2,1-2H3;1-4H3,(H,7,8).